The Bertz CT molecular complexity index is 337. The summed E-state index contributed by atoms with van der Waals surface area (Å²) in [4.78, 5) is 1.30. The summed E-state index contributed by atoms with van der Waals surface area (Å²) in [6.07, 6.45) is 4.90. The molecule has 1 rings (SSSR count). The van der Waals surface area contributed by atoms with E-state index in [1.807, 2.05) is 6.08 Å². The van der Waals surface area contributed by atoms with Gasteiger partial charge in [0.1, 0.15) is 0 Å². The number of hydrogen-bond acceptors (Lipinski definition) is 3. The topological polar surface area (TPSA) is 21.3 Å². The molecule has 0 fully saturated rings. The maximum absolute atomic E-state index is 5.46. The lowest BCUT2D eigenvalue weighted by atomic mass is 10.1. The molecule has 0 aliphatic heterocycles. The third-order valence-corrected chi connectivity index (χ3v) is 3.52. The lowest BCUT2D eigenvalue weighted by molar-refractivity contribution is 0.138. The number of ether oxygens (including phenoxy) is 1. The summed E-state index contributed by atoms with van der Waals surface area (Å²) in [5.74, 6) is 0. The van der Waals surface area contributed by atoms with E-state index in [2.05, 4.69) is 49.3 Å². The third-order valence-electron chi connectivity index (χ3n) is 2.78. The van der Waals surface area contributed by atoms with Crippen LogP contribution in [0, 0.1) is 0 Å². The molecule has 0 aromatic heterocycles. The highest BCUT2D eigenvalue weighted by molar-refractivity contribution is 7.98. The number of rotatable bonds is 9. The number of benzene rings is 1. The average Bonchev–Trinajstić information content (AvgIpc) is 2.42. The quantitative estimate of drug-likeness (QED) is 0.418. The molecular formula is C15H23NOS. The zero-order valence-electron chi connectivity index (χ0n) is 11.3. The van der Waals surface area contributed by atoms with Crippen LogP contribution in [0.3, 0.4) is 0 Å². The molecule has 100 valence electrons. The zero-order valence-corrected chi connectivity index (χ0v) is 12.1. The highest BCUT2D eigenvalue weighted by Gasteiger charge is 2.03. The van der Waals surface area contributed by atoms with Crippen molar-refractivity contribution in [2.24, 2.45) is 0 Å². The van der Waals surface area contributed by atoms with Crippen LogP contribution < -0.4 is 5.32 Å². The van der Waals surface area contributed by atoms with Crippen molar-refractivity contribution in [2.45, 2.75) is 24.3 Å². The fourth-order valence-electron chi connectivity index (χ4n) is 1.63. The van der Waals surface area contributed by atoms with Crippen molar-refractivity contribution in [1.82, 2.24) is 5.32 Å². The normalized spacial score (nSPS) is 12.3. The van der Waals surface area contributed by atoms with Crippen LogP contribution in [-0.2, 0) is 4.74 Å². The average molecular weight is 265 g/mol. The summed E-state index contributed by atoms with van der Waals surface area (Å²) in [7, 11) is 0. The first-order valence-electron chi connectivity index (χ1n) is 6.34. The van der Waals surface area contributed by atoms with E-state index in [1.165, 1.54) is 10.5 Å². The third kappa shape index (κ3) is 5.71. The molecule has 0 spiro atoms. The first kappa shape index (κ1) is 15.3. The fourth-order valence-corrected chi connectivity index (χ4v) is 2.04. The minimum absolute atomic E-state index is 0.365. The summed E-state index contributed by atoms with van der Waals surface area (Å²) in [6.45, 7) is 8.24. The van der Waals surface area contributed by atoms with Crippen molar-refractivity contribution >= 4 is 11.8 Å². The van der Waals surface area contributed by atoms with Gasteiger partial charge in [0.25, 0.3) is 0 Å². The molecule has 1 aromatic carbocycles. The standard InChI is InChI=1S/C15H23NOS/c1-4-5-11-17-12-10-16-13(2)14-6-8-15(18-3)9-7-14/h4,6-9,13,16H,1,5,10-12H2,2-3H3. The van der Waals surface area contributed by atoms with Gasteiger partial charge in [-0.3, -0.25) is 0 Å². The molecule has 3 heteroatoms. The van der Waals surface area contributed by atoms with Gasteiger partial charge in [-0.15, -0.1) is 18.3 Å². The Labute approximate surface area is 115 Å². The van der Waals surface area contributed by atoms with E-state index in [-0.39, 0.29) is 0 Å². The number of nitrogens with one attached hydrogen (secondary N) is 1. The number of thioether (sulfide) groups is 1. The summed E-state index contributed by atoms with van der Waals surface area (Å²) >= 11 is 1.77. The van der Waals surface area contributed by atoms with Crippen LogP contribution in [0.5, 0.6) is 0 Å². The van der Waals surface area contributed by atoms with E-state index >= 15 is 0 Å². The zero-order chi connectivity index (χ0) is 13.2. The molecule has 0 amide bonds. The van der Waals surface area contributed by atoms with Crippen molar-refractivity contribution in [3.8, 4) is 0 Å². The van der Waals surface area contributed by atoms with Crippen molar-refractivity contribution in [2.75, 3.05) is 26.0 Å². The predicted octanol–water partition coefficient (Wildman–Crippen LogP) is 3.65. The van der Waals surface area contributed by atoms with Gasteiger partial charge in [0.2, 0.25) is 0 Å². The largest absolute Gasteiger partial charge is 0.380 e. The van der Waals surface area contributed by atoms with E-state index in [1.54, 1.807) is 11.8 Å². The molecule has 0 aliphatic carbocycles. The summed E-state index contributed by atoms with van der Waals surface area (Å²) < 4.78 is 5.46. The van der Waals surface area contributed by atoms with Crippen LogP contribution in [-0.4, -0.2) is 26.0 Å². The van der Waals surface area contributed by atoms with Gasteiger partial charge in [0.05, 0.1) is 13.2 Å². The van der Waals surface area contributed by atoms with Gasteiger partial charge in [0, 0.05) is 17.5 Å². The molecule has 0 saturated heterocycles. The van der Waals surface area contributed by atoms with Crippen molar-refractivity contribution < 1.29 is 4.74 Å². The van der Waals surface area contributed by atoms with E-state index in [0.717, 1.165) is 26.2 Å². The molecule has 2 nitrogen and oxygen atoms in total. The maximum atomic E-state index is 5.46. The van der Waals surface area contributed by atoms with Crippen LogP contribution >= 0.6 is 11.8 Å². The van der Waals surface area contributed by atoms with Crippen LogP contribution in [0.15, 0.2) is 41.8 Å². The second-order valence-electron chi connectivity index (χ2n) is 4.14. The molecule has 1 aromatic rings. The van der Waals surface area contributed by atoms with Crippen molar-refractivity contribution in [3.63, 3.8) is 0 Å². The minimum Gasteiger partial charge on any atom is -0.380 e. The highest BCUT2D eigenvalue weighted by atomic mass is 32.2. The molecule has 0 aliphatic rings. The second-order valence-corrected chi connectivity index (χ2v) is 5.02. The van der Waals surface area contributed by atoms with E-state index in [0.29, 0.717) is 6.04 Å². The first-order chi connectivity index (χ1) is 8.77. The molecule has 1 atom stereocenters. The molecule has 0 heterocycles. The molecule has 18 heavy (non-hydrogen) atoms. The molecule has 0 radical (unpaired) electrons. The van der Waals surface area contributed by atoms with Gasteiger partial charge in [-0.2, -0.15) is 0 Å². The van der Waals surface area contributed by atoms with Gasteiger partial charge in [-0.1, -0.05) is 18.2 Å². The molecule has 1 unspecified atom stereocenters. The van der Waals surface area contributed by atoms with Gasteiger partial charge in [-0.25, -0.2) is 0 Å². The Morgan fingerprint density at radius 3 is 2.67 bits per heavy atom. The van der Waals surface area contributed by atoms with Gasteiger partial charge in [0.15, 0.2) is 0 Å². The van der Waals surface area contributed by atoms with Gasteiger partial charge in [-0.05, 0) is 37.3 Å². The van der Waals surface area contributed by atoms with Gasteiger partial charge >= 0.3 is 0 Å². The smallest absolute Gasteiger partial charge is 0.0591 e. The summed E-state index contributed by atoms with van der Waals surface area (Å²) in [5, 5.41) is 3.46. The highest BCUT2D eigenvalue weighted by Crippen LogP contribution is 2.18. The predicted molar refractivity (Wildman–Crippen MR) is 80.3 cm³/mol. The summed E-state index contributed by atoms with van der Waals surface area (Å²) in [6, 6.07) is 9.06. The van der Waals surface area contributed by atoms with Crippen LogP contribution in [0.4, 0.5) is 0 Å². The van der Waals surface area contributed by atoms with E-state index in [4.69, 9.17) is 4.74 Å². The van der Waals surface area contributed by atoms with Crippen molar-refractivity contribution in [1.29, 1.82) is 0 Å². The molecule has 1 N–H and O–H groups in total. The lowest BCUT2D eigenvalue weighted by Crippen LogP contribution is -2.23. The lowest BCUT2D eigenvalue weighted by Gasteiger charge is -2.14. The van der Waals surface area contributed by atoms with Gasteiger partial charge < -0.3 is 10.1 Å². The molecule has 0 bridgehead atoms. The monoisotopic (exact) mass is 265 g/mol. The SMILES string of the molecule is C=CCCOCCNC(C)c1ccc(SC)cc1. The van der Waals surface area contributed by atoms with Crippen molar-refractivity contribution in [3.05, 3.63) is 42.5 Å². The second kappa shape index (κ2) is 9.20. The Balaban J connectivity index is 2.22. The Morgan fingerprint density at radius 2 is 2.06 bits per heavy atom. The Kier molecular flexibility index (Phi) is 7.81. The van der Waals surface area contributed by atoms with E-state index in [9.17, 15) is 0 Å². The summed E-state index contributed by atoms with van der Waals surface area (Å²) in [5.41, 5.74) is 1.32. The van der Waals surface area contributed by atoms with Crippen LogP contribution in [0.1, 0.15) is 24.9 Å². The minimum atomic E-state index is 0.365. The fraction of sp³-hybridized carbons (Fsp3) is 0.467. The molecule has 0 saturated carbocycles. The van der Waals surface area contributed by atoms with Crippen LogP contribution in [0.2, 0.25) is 0 Å². The van der Waals surface area contributed by atoms with E-state index < -0.39 is 0 Å². The first-order valence-corrected chi connectivity index (χ1v) is 7.56. The number of hydrogen-bond donors (Lipinski definition) is 1. The Hall–Kier alpha value is -0.770. The Morgan fingerprint density at radius 1 is 1.33 bits per heavy atom. The van der Waals surface area contributed by atoms with Crippen LogP contribution in [0.25, 0.3) is 0 Å². The maximum Gasteiger partial charge on any atom is 0.0591 e. The molecular weight excluding hydrogens is 242 g/mol.